The molecular formula is C14H22N2O2. The van der Waals surface area contributed by atoms with E-state index >= 15 is 0 Å². The Balaban J connectivity index is 1.61. The summed E-state index contributed by atoms with van der Waals surface area (Å²) in [5.74, 6) is -0.0133. The lowest BCUT2D eigenvalue weighted by atomic mass is 10.2. The van der Waals surface area contributed by atoms with Crippen LogP contribution in [0.15, 0.2) is 23.8 Å². The van der Waals surface area contributed by atoms with Crippen LogP contribution < -0.4 is 5.32 Å². The third-order valence-corrected chi connectivity index (χ3v) is 3.30. The molecule has 0 atom stereocenters. The fourth-order valence-electron chi connectivity index (χ4n) is 2.27. The van der Waals surface area contributed by atoms with Gasteiger partial charge in [-0.15, -0.1) is 0 Å². The van der Waals surface area contributed by atoms with Gasteiger partial charge >= 0.3 is 0 Å². The van der Waals surface area contributed by atoms with Crippen LogP contribution in [-0.2, 0) is 9.53 Å². The highest BCUT2D eigenvalue weighted by atomic mass is 16.5. The molecule has 2 aliphatic rings. The lowest BCUT2D eigenvalue weighted by Gasteiger charge is -2.13. The van der Waals surface area contributed by atoms with E-state index < -0.39 is 0 Å². The lowest BCUT2D eigenvalue weighted by molar-refractivity contribution is -0.116. The van der Waals surface area contributed by atoms with E-state index in [1.54, 1.807) is 6.08 Å². The van der Waals surface area contributed by atoms with Crippen LogP contribution in [-0.4, -0.2) is 50.2 Å². The number of rotatable bonds is 5. The fraction of sp³-hybridized carbons (Fsp3) is 0.643. The average Bonchev–Trinajstić information content (AvgIpc) is 2.91. The molecule has 1 saturated heterocycles. The molecule has 4 nitrogen and oxygen atoms in total. The van der Waals surface area contributed by atoms with Gasteiger partial charge < -0.3 is 10.1 Å². The lowest BCUT2D eigenvalue weighted by Crippen LogP contribution is -2.26. The monoisotopic (exact) mass is 250 g/mol. The fourth-order valence-corrected chi connectivity index (χ4v) is 2.27. The Morgan fingerprint density at radius 3 is 3.00 bits per heavy atom. The summed E-state index contributed by atoms with van der Waals surface area (Å²) in [6.07, 6.45) is 9.27. The summed E-state index contributed by atoms with van der Waals surface area (Å²) in [6.45, 7) is 5.27. The minimum absolute atomic E-state index is 0.0133. The second-order valence-electron chi connectivity index (χ2n) is 4.83. The van der Waals surface area contributed by atoms with Gasteiger partial charge in [0.25, 0.3) is 0 Å². The van der Waals surface area contributed by atoms with Crippen LogP contribution in [0, 0.1) is 0 Å². The van der Waals surface area contributed by atoms with Gasteiger partial charge in [0.2, 0.25) is 5.91 Å². The Morgan fingerprint density at radius 1 is 1.44 bits per heavy atom. The molecule has 18 heavy (non-hydrogen) atoms. The van der Waals surface area contributed by atoms with Gasteiger partial charge in [-0.25, -0.2) is 0 Å². The summed E-state index contributed by atoms with van der Waals surface area (Å²) in [7, 11) is 0. The highest BCUT2D eigenvalue weighted by molar-refractivity contribution is 5.87. The Morgan fingerprint density at radius 2 is 2.28 bits per heavy atom. The summed E-state index contributed by atoms with van der Waals surface area (Å²) in [6, 6.07) is 0. The van der Waals surface area contributed by atoms with Gasteiger partial charge in [-0.3, -0.25) is 9.69 Å². The van der Waals surface area contributed by atoms with Crippen molar-refractivity contribution < 1.29 is 9.53 Å². The highest BCUT2D eigenvalue weighted by Gasteiger charge is 2.09. The zero-order chi connectivity index (χ0) is 12.6. The molecule has 2 heterocycles. The van der Waals surface area contributed by atoms with Crippen molar-refractivity contribution in [1.29, 1.82) is 0 Å². The van der Waals surface area contributed by atoms with Crippen LogP contribution >= 0.6 is 0 Å². The first-order valence-electron chi connectivity index (χ1n) is 6.77. The van der Waals surface area contributed by atoms with E-state index in [1.807, 2.05) is 6.08 Å². The number of carbonyl (C=O) groups excluding carboxylic acids is 1. The van der Waals surface area contributed by atoms with Gasteiger partial charge in [0.05, 0.1) is 13.2 Å². The largest absolute Gasteiger partial charge is 0.377 e. The minimum atomic E-state index is -0.0133. The zero-order valence-corrected chi connectivity index (χ0v) is 10.9. The maximum absolute atomic E-state index is 11.6. The van der Waals surface area contributed by atoms with E-state index in [1.165, 1.54) is 18.4 Å². The molecular weight excluding hydrogens is 228 g/mol. The third kappa shape index (κ3) is 4.63. The Hall–Kier alpha value is -1.13. The molecule has 1 N–H and O–H groups in total. The summed E-state index contributed by atoms with van der Waals surface area (Å²) in [4.78, 5) is 13.9. The second-order valence-corrected chi connectivity index (χ2v) is 4.83. The van der Waals surface area contributed by atoms with Crippen molar-refractivity contribution in [2.24, 2.45) is 0 Å². The van der Waals surface area contributed by atoms with Gasteiger partial charge in [-0.1, -0.05) is 12.2 Å². The molecule has 4 heteroatoms. The van der Waals surface area contributed by atoms with Crippen LogP contribution in [0.4, 0.5) is 0 Å². The van der Waals surface area contributed by atoms with Crippen LogP contribution in [0.3, 0.4) is 0 Å². The van der Waals surface area contributed by atoms with E-state index in [2.05, 4.69) is 16.3 Å². The molecule has 0 saturated carbocycles. The van der Waals surface area contributed by atoms with Crippen molar-refractivity contribution in [2.75, 3.05) is 39.4 Å². The number of nitrogens with one attached hydrogen (secondary N) is 1. The second kappa shape index (κ2) is 7.34. The number of nitrogens with zero attached hydrogens (tertiary/aromatic N) is 1. The Kier molecular flexibility index (Phi) is 5.42. The van der Waals surface area contributed by atoms with E-state index in [9.17, 15) is 4.79 Å². The molecule has 2 aliphatic heterocycles. The quantitative estimate of drug-likeness (QED) is 0.587. The summed E-state index contributed by atoms with van der Waals surface area (Å²) < 4.78 is 5.32. The summed E-state index contributed by atoms with van der Waals surface area (Å²) >= 11 is 0. The molecule has 0 aromatic heterocycles. The van der Waals surface area contributed by atoms with Crippen molar-refractivity contribution in [3.05, 3.63) is 23.8 Å². The van der Waals surface area contributed by atoms with Crippen molar-refractivity contribution in [3.63, 3.8) is 0 Å². The van der Waals surface area contributed by atoms with Gasteiger partial charge in [0.15, 0.2) is 0 Å². The van der Waals surface area contributed by atoms with E-state index in [0.29, 0.717) is 13.2 Å². The number of amides is 1. The standard InChI is InChI=1S/C14H22N2O2/c17-14(6-3-9-16-7-1-2-8-16)15-11-13-5-4-10-18-12-13/h3,5-6H,1-2,4,7-12H2,(H,15,17)/b6-3+. The molecule has 0 aromatic carbocycles. The molecule has 0 radical (unpaired) electrons. The average molecular weight is 250 g/mol. The van der Waals surface area contributed by atoms with Gasteiger partial charge in [0.1, 0.15) is 0 Å². The smallest absolute Gasteiger partial charge is 0.243 e. The molecule has 1 amide bonds. The molecule has 0 unspecified atom stereocenters. The number of carbonyl (C=O) groups is 1. The molecule has 0 aromatic rings. The maximum Gasteiger partial charge on any atom is 0.243 e. The predicted molar refractivity (Wildman–Crippen MR) is 71.3 cm³/mol. The first kappa shape index (κ1) is 13.3. The van der Waals surface area contributed by atoms with Crippen molar-refractivity contribution >= 4 is 5.91 Å². The van der Waals surface area contributed by atoms with Crippen molar-refractivity contribution in [2.45, 2.75) is 19.3 Å². The van der Waals surface area contributed by atoms with Crippen molar-refractivity contribution in [1.82, 2.24) is 10.2 Å². The number of hydrogen-bond donors (Lipinski definition) is 1. The molecule has 2 rings (SSSR count). The van der Waals surface area contributed by atoms with Gasteiger partial charge in [0, 0.05) is 19.2 Å². The van der Waals surface area contributed by atoms with Crippen LogP contribution in [0.25, 0.3) is 0 Å². The molecule has 0 aliphatic carbocycles. The molecule has 0 spiro atoms. The number of likely N-dealkylation sites (tertiary alicyclic amines) is 1. The zero-order valence-electron chi connectivity index (χ0n) is 10.9. The summed E-state index contributed by atoms with van der Waals surface area (Å²) in [5, 5.41) is 2.89. The van der Waals surface area contributed by atoms with E-state index in [4.69, 9.17) is 4.74 Å². The Labute approximate surface area is 109 Å². The predicted octanol–water partition coefficient (Wildman–Crippen LogP) is 1.10. The van der Waals surface area contributed by atoms with Crippen molar-refractivity contribution in [3.8, 4) is 0 Å². The maximum atomic E-state index is 11.6. The number of ether oxygens (including phenoxy) is 1. The highest BCUT2D eigenvalue weighted by Crippen LogP contribution is 2.06. The SMILES string of the molecule is O=C(/C=C/CN1CCCC1)NCC1=CCCOC1. The molecule has 0 bridgehead atoms. The minimum Gasteiger partial charge on any atom is -0.377 e. The summed E-state index contributed by atoms with van der Waals surface area (Å²) in [5.41, 5.74) is 1.17. The number of hydrogen-bond acceptors (Lipinski definition) is 3. The normalized spacial score (nSPS) is 21.2. The first-order valence-corrected chi connectivity index (χ1v) is 6.77. The van der Waals surface area contributed by atoms with Gasteiger partial charge in [-0.05, 0) is 37.9 Å². The third-order valence-electron chi connectivity index (χ3n) is 3.30. The molecule has 100 valence electrons. The van der Waals surface area contributed by atoms with Crippen LogP contribution in [0.1, 0.15) is 19.3 Å². The van der Waals surface area contributed by atoms with Gasteiger partial charge in [-0.2, -0.15) is 0 Å². The van der Waals surface area contributed by atoms with Crippen LogP contribution in [0.5, 0.6) is 0 Å². The van der Waals surface area contributed by atoms with Crippen LogP contribution in [0.2, 0.25) is 0 Å². The van der Waals surface area contributed by atoms with E-state index in [0.717, 1.165) is 32.7 Å². The van der Waals surface area contributed by atoms with E-state index in [-0.39, 0.29) is 5.91 Å². The molecule has 1 fully saturated rings. The Bertz CT molecular complexity index is 331. The first-order chi connectivity index (χ1) is 8.84. The topological polar surface area (TPSA) is 41.6 Å².